The van der Waals surface area contributed by atoms with Crippen molar-refractivity contribution in [3.05, 3.63) is 46.5 Å². The van der Waals surface area contributed by atoms with Crippen LogP contribution in [0.3, 0.4) is 0 Å². The van der Waals surface area contributed by atoms with Gasteiger partial charge in [-0.15, -0.1) is 0 Å². The molecule has 8 saturated carbocycles. The number of hydrogen-bond acceptors (Lipinski definition) is 15. The lowest BCUT2D eigenvalue weighted by Crippen LogP contribution is -2.51. The van der Waals surface area contributed by atoms with Crippen molar-refractivity contribution in [3.63, 3.8) is 0 Å². The number of carbonyl (C=O) groups is 4. The van der Waals surface area contributed by atoms with Crippen LogP contribution in [0.4, 0.5) is 8.78 Å². The zero-order valence-electron chi connectivity index (χ0n) is 50.3. The van der Waals surface area contributed by atoms with Crippen LogP contribution in [0.1, 0.15) is 184 Å². The average Bonchev–Trinajstić information content (AvgIpc) is 1.04. The van der Waals surface area contributed by atoms with Crippen LogP contribution < -0.4 is 9.47 Å². The van der Waals surface area contributed by atoms with Gasteiger partial charge in [-0.25, -0.2) is 8.42 Å². The Hall–Kier alpha value is -4.63. The fourth-order valence-electron chi connectivity index (χ4n) is 15.4. The van der Waals surface area contributed by atoms with Gasteiger partial charge in [-0.2, -0.15) is 29.5 Å². The van der Waals surface area contributed by atoms with Gasteiger partial charge in [-0.05, 0) is 259 Å². The second kappa shape index (κ2) is 27.2. The van der Waals surface area contributed by atoms with Gasteiger partial charge >= 0.3 is 29.1 Å². The Labute approximate surface area is 502 Å². The lowest BCUT2D eigenvalue weighted by molar-refractivity contribution is -0.162. The molecule has 2 heterocycles. The summed E-state index contributed by atoms with van der Waals surface area (Å²) in [6, 6.07) is 12.8. The number of carbonyl (C=O) groups excluding carboxylic acids is 4. The molecule has 0 aromatic heterocycles. The third-order valence-corrected chi connectivity index (χ3v) is 24.9. The number of aryl methyl sites for hydroxylation is 4. The van der Waals surface area contributed by atoms with Crippen LogP contribution in [0.15, 0.2) is 44.3 Å². The summed E-state index contributed by atoms with van der Waals surface area (Å²) >= 11 is 0. The molecule has 0 radical (unpaired) electrons. The zero-order valence-corrected chi connectivity index (χ0v) is 52.8. The molecule has 20 heteroatoms. The first-order chi connectivity index (χ1) is 39.7. The van der Waals surface area contributed by atoms with E-state index < -0.39 is 51.4 Å². The van der Waals surface area contributed by atoms with Crippen LogP contribution in [0.5, 0.6) is 11.5 Å². The van der Waals surface area contributed by atoms with E-state index >= 15 is 0 Å². The summed E-state index contributed by atoms with van der Waals surface area (Å²) in [5.41, 5.74) is 1.17. The number of nitriles is 2. The first kappa shape index (κ1) is 65.3. The van der Waals surface area contributed by atoms with Crippen LogP contribution in [-0.4, -0.2) is 89.4 Å². The Kier molecular flexibility index (Phi) is 21.1. The molecule has 84 heavy (non-hydrogen) atoms. The molecule has 0 amide bonds. The molecule has 2 aromatic carbocycles. The summed E-state index contributed by atoms with van der Waals surface area (Å²) in [6.07, 6.45) is 21.8. The fraction of sp³-hybridized carbons (Fsp3) is 0.719. The third-order valence-electron chi connectivity index (χ3n) is 19.1. The number of nitrogens with zero attached hydrogens (tertiary/aromatic N) is 4. The highest BCUT2D eigenvalue weighted by Gasteiger charge is 2.57. The normalized spacial score (nSPS) is 28.5. The van der Waals surface area contributed by atoms with Crippen molar-refractivity contribution in [1.29, 1.82) is 10.5 Å². The van der Waals surface area contributed by atoms with E-state index in [2.05, 4.69) is 66.9 Å². The molecule has 8 bridgehead atoms. The number of halogens is 2. The van der Waals surface area contributed by atoms with Crippen LogP contribution in [-0.2, 0) is 60.6 Å². The van der Waals surface area contributed by atoms with Gasteiger partial charge in [0.1, 0.15) is 34.5 Å². The van der Waals surface area contributed by atoms with E-state index in [1.54, 1.807) is 13.0 Å². The molecular weight excluding hydrogens is 1130 g/mol. The molecule has 0 spiro atoms. The Balaban J connectivity index is 0.000000164. The molecule has 10 fully saturated rings. The van der Waals surface area contributed by atoms with Gasteiger partial charge in [0.15, 0.2) is 37.6 Å². The number of azo groups is 1. The number of benzene rings is 2. The zero-order chi connectivity index (χ0) is 60.8. The largest absolute Gasteiger partial charge is 0.743 e. The van der Waals surface area contributed by atoms with Crippen LogP contribution in [0.2, 0.25) is 0 Å². The first-order valence-corrected chi connectivity index (χ1v) is 35.1. The molecule has 15 nitrogen and oxygen atoms in total. The number of ether oxygens (including phenoxy) is 4. The van der Waals surface area contributed by atoms with Gasteiger partial charge in [0.25, 0.3) is 0 Å². The van der Waals surface area contributed by atoms with Crippen molar-refractivity contribution in [3.8, 4) is 23.6 Å². The molecule has 12 rings (SSSR count). The predicted octanol–water partition coefficient (Wildman–Crippen LogP) is 13.0. The van der Waals surface area contributed by atoms with Crippen LogP contribution in [0.25, 0.3) is 0 Å². The Morgan fingerprint density at radius 3 is 1.19 bits per heavy atom. The van der Waals surface area contributed by atoms with Gasteiger partial charge < -0.3 is 23.5 Å². The van der Waals surface area contributed by atoms with E-state index in [0.29, 0.717) is 21.8 Å². The third kappa shape index (κ3) is 15.9. The molecule has 10 aliphatic rings. The van der Waals surface area contributed by atoms with E-state index in [4.69, 9.17) is 14.2 Å². The monoisotopic (exact) mass is 1220 g/mol. The van der Waals surface area contributed by atoms with E-state index in [-0.39, 0.29) is 48.6 Å². The number of esters is 4. The number of rotatable bonds is 18. The fourth-order valence-corrected chi connectivity index (χ4v) is 20.6. The second-order valence-electron chi connectivity index (χ2n) is 26.4. The molecular formula is C64H87F2N4O11S3+. The summed E-state index contributed by atoms with van der Waals surface area (Å²) in [5, 5.41) is 21.3. The minimum absolute atomic E-state index is 0.0475. The van der Waals surface area contributed by atoms with E-state index in [9.17, 15) is 51.5 Å². The molecule has 2 aromatic rings. The number of hydrogen-bond donors (Lipinski definition) is 0. The summed E-state index contributed by atoms with van der Waals surface area (Å²) < 4.78 is 78.1. The quantitative estimate of drug-likeness (QED) is 0.0444. The maximum Gasteiger partial charge on any atom is 0.367 e. The van der Waals surface area contributed by atoms with Crippen molar-refractivity contribution in [1.82, 2.24) is 0 Å². The molecule has 2 unspecified atom stereocenters. The molecule has 2 saturated heterocycles. The Morgan fingerprint density at radius 2 is 0.905 bits per heavy atom. The summed E-state index contributed by atoms with van der Waals surface area (Å²) in [5.74, 6) is 10.1. The van der Waals surface area contributed by atoms with E-state index in [0.717, 1.165) is 108 Å². The summed E-state index contributed by atoms with van der Waals surface area (Å²) in [6.45, 7) is 11.0. The summed E-state index contributed by atoms with van der Waals surface area (Å²) in [7, 11) is -5.20. The summed E-state index contributed by atoms with van der Waals surface area (Å²) in [4.78, 5) is 52.6. The second-order valence-corrected chi connectivity index (χ2v) is 32.5. The SMILES string of the molecule is CCOC(=O)CCC(C)(C#N)N=NC(C)(C#N)CCC(=O)OCC(F)(F)S(=O)(=O)[O-].Cc1cc([S+]2CCCCC2)cc(C)c1OC(=O)C12CC3CC(CC(C3)C1)C2.Cc1cc([S+]2CCCCC2)cc(C)c1OC(=O)C12CC3CC(CC(C3)C1)C2. The van der Waals surface area contributed by atoms with E-state index in [1.165, 1.54) is 124 Å². The maximum absolute atomic E-state index is 13.3. The first-order valence-electron chi connectivity index (χ1n) is 30.6. The van der Waals surface area contributed by atoms with Gasteiger partial charge in [0, 0.05) is 34.6 Å². The lowest BCUT2D eigenvalue weighted by atomic mass is 9.49. The van der Waals surface area contributed by atoms with Crippen molar-refractivity contribution in [2.75, 3.05) is 36.2 Å². The lowest BCUT2D eigenvalue weighted by Gasteiger charge is -2.55. The van der Waals surface area contributed by atoms with Gasteiger partial charge in [-0.1, -0.05) is 0 Å². The highest BCUT2D eigenvalue weighted by atomic mass is 32.2. The van der Waals surface area contributed by atoms with Crippen molar-refractivity contribution < 1.29 is 59.9 Å². The molecule has 0 N–H and O–H groups in total. The van der Waals surface area contributed by atoms with Gasteiger partial charge in [0.2, 0.25) is 0 Å². The number of alkyl halides is 2. The highest BCUT2D eigenvalue weighted by Crippen LogP contribution is 2.62. The standard InChI is InChI=1S/2C24H33O2S.C16H22F2N4O7S/c2*1-16-8-21(27-6-4-3-5-7-27)9-17(2)22(16)26-23(25)24-13-18-10-19(14-24)12-20(11-18)15-24;1-4-28-12(23)5-7-14(2,9-19)21-22-15(3,10-20)8-6-13(24)29-11-16(17,18)30(25,26)27/h2*8-9,18-20H,3-7,10-15H2,1-2H3;4-8,11H2,1-3H3,(H,25,26,27)/q2*+1;/p-1. The Morgan fingerprint density at radius 1 is 0.595 bits per heavy atom. The smallest absolute Gasteiger partial charge is 0.367 e. The molecule has 460 valence electrons. The molecule has 8 aliphatic carbocycles. The minimum Gasteiger partial charge on any atom is -0.743 e. The van der Waals surface area contributed by atoms with E-state index in [1.807, 2.05) is 6.07 Å². The van der Waals surface area contributed by atoms with Gasteiger partial charge in [-0.3, -0.25) is 19.2 Å². The van der Waals surface area contributed by atoms with Crippen LogP contribution >= 0.6 is 0 Å². The van der Waals surface area contributed by atoms with Crippen molar-refractivity contribution >= 4 is 55.8 Å². The van der Waals surface area contributed by atoms with Crippen LogP contribution in [0, 0.1) is 96.7 Å². The average molecular weight is 1220 g/mol. The minimum atomic E-state index is -6.00. The Bertz CT molecular complexity index is 2740. The predicted molar refractivity (Wildman–Crippen MR) is 316 cm³/mol. The van der Waals surface area contributed by atoms with Crippen molar-refractivity contribution in [2.45, 2.75) is 216 Å². The van der Waals surface area contributed by atoms with Gasteiger partial charge in [0.05, 0.1) is 29.6 Å². The molecule has 2 aliphatic heterocycles. The topological polar surface area (TPSA) is 235 Å². The maximum atomic E-state index is 13.3. The van der Waals surface area contributed by atoms with Crippen molar-refractivity contribution in [2.24, 2.45) is 56.6 Å². The molecule has 2 atom stereocenters. The highest BCUT2D eigenvalue weighted by molar-refractivity contribution is 7.97.